The van der Waals surface area contributed by atoms with Gasteiger partial charge in [0.1, 0.15) is 12.2 Å². The van der Waals surface area contributed by atoms with E-state index >= 15 is 0 Å². The van der Waals surface area contributed by atoms with Crippen LogP contribution in [0.15, 0.2) is 17.0 Å². The highest BCUT2D eigenvalue weighted by molar-refractivity contribution is 9.10. The van der Waals surface area contributed by atoms with Gasteiger partial charge in [-0.3, -0.25) is 5.10 Å². The second kappa shape index (κ2) is 6.29. The Labute approximate surface area is 113 Å². The highest BCUT2D eigenvalue weighted by Crippen LogP contribution is 2.21. The van der Waals surface area contributed by atoms with Crippen LogP contribution < -0.4 is 10.1 Å². The van der Waals surface area contributed by atoms with Gasteiger partial charge < -0.3 is 10.1 Å². The monoisotopic (exact) mass is 312 g/mol. The van der Waals surface area contributed by atoms with E-state index in [2.05, 4.69) is 46.4 Å². The molecule has 0 aliphatic rings. The number of ether oxygens (including phenoxy) is 1. The number of aromatic nitrogens is 5. The lowest BCUT2D eigenvalue weighted by atomic mass is 10.3. The van der Waals surface area contributed by atoms with Crippen molar-refractivity contribution in [2.45, 2.75) is 12.8 Å². The Morgan fingerprint density at radius 1 is 1.44 bits per heavy atom. The number of anilines is 1. The lowest BCUT2D eigenvalue weighted by molar-refractivity contribution is 0.394. The Balaban J connectivity index is 1.79. The van der Waals surface area contributed by atoms with Crippen molar-refractivity contribution in [1.29, 1.82) is 0 Å². The summed E-state index contributed by atoms with van der Waals surface area (Å²) < 4.78 is 5.82. The molecule has 0 fully saturated rings. The Bertz CT molecular complexity index is 489. The number of halogens is 1. The third-order valence-corrected chi connectivity index (χ3v) is 2.79. The number of aromatic amines is 1. The largest absolute Gasteiger partial charge is 0.480 e. The highest BCUT2D eigenvalue weighted by atomic mass is 79.9. The van der Waals surface area contributed by atoms with Crippen LogP contribution in [0, 0.1) is 0 Å². The number of nitrogens with zero attached hydrogens (tertiary/aromatic N) is 4. The van der Waals surface area contributed by atoms with Crippen molar-refractivity contribution in [1.82, 2.24) is 25.1 Å². The molecule has 0 atom stereocenters. The van der Waals surface area contributed by atoms with Gasteiger partial charge in [-0.05, 0) is 22.4 Å². The average molecular weight is 313 g/mol. The number of aryl methyl sites for hydroxylation is 1. The van der Waals surface area contributed by atoms with E-state index in [4.69, 9.17) is 4.74 Å². The van der Waals surface area contributed by atoms with Gasteiger partial charge in [0.05, 0.1) is 17.8 Å². The van der Waals surface area contributed by atoms with E-state index in [1.807, 2.05) is 0 Å². The molecule has 8 heteroatoms. The zero-order chi connectivity index (χ0) is 12.8. The van der Waals surface area contributed by atoms with Crippen molar-refractivity contribution in [2.75, 3.05) is 19.0 Å². The minimum absolute atomic E-state index is 0.516. The minimum Gasteiger partial charge on any atom is -0.480 e. The van der Waals surface area contributed by atoms with Crippen LogP contribution in [0.4, 0.5) is 5.95 Å². The standard InChI is InChI=1S/C10H13BrN6O/c1-18-9-7(11)5-13-10(16-9)12-4-2-3-8-14-6-15-17-8/h5-6H,2-4H2,1H3,(H,12,13,16)(H,14,15,17). The number of hydrogen-bond donors (Lipinski definition) is 2. The van der Waals surface area contributed by atoms with Gasteiger partial charge in [0.2, 0.25) is 11.8 Å². The summed E-state index contributed by atoms with van der Waals surface area (Å²) in [6, 6.07) is 0. The lowest BCUT2D eigenvalue weighted by Gasteiger charge is -2.06. The molecule has 0 aliphatic carbocycles. The van der Waals surface area contributed by atoms with Crippen LogP contribution in [0.5, 0.6) is 5.88 Å². The van der Waals surface area contributed by atoms with E-state index in [0.717, 1.165) is 29.7 Å². The molecule has 0 saturated heterocycles. The quantitative estimate of drug-likeness (QED) is 0.784. The summed E-state index contributed by atoms with van der Waals surface area (Å²) in [5, 5.41) is 9.73. The molecule has 0 unspecified atom stereocenters. The van der Waals surface area contributed by atoms with Gasteiger partial charge in [-0.25, -0.2) is 9.97 Å². The molecule has 0 amide bonds. The number of nitrogens with one attached hydrogen (secondary N) is 2. The van der Waals surface area contributed by atoms with Crippen molar-refractivity contribution >= 4 is 21.9 Å². The molecule has 0 radical (unpaired) electrons. The van der Waals surface area contributed by atoms with Crippen molar-refractivity contribution in [2.24, 2.45) is 0 Å². The fourth-order valence-electron chi connectivity index (χ4n) is 1.39. The summed E-state index contributed by atoms with van der Waals surface area (Å²) in [5.41, 5.74) is 0. The van der Waals surface area contributed by atoms with Gasteiger partial charge in [-0.15, -0.1) is 0 Å². The van der Waals surface area contributed by atoms with Crippen LogP contribution in [-0.4, -0.2) is 38.8 Å². The second-order valence-corrected chi connectivity index (χ2v) is 4.37. The third-order valence-electron chi connectivity index (χ3n) is 2.24. The molecule has 18 heavy (non-hydrogen) atoms. The molecule has 0 aliphatic heterocycles. The smallest absolute Gasteiger partial charge is 0.232 e. The van der Waals surface area contributed by atoms with E-state index in [1.165, 1.54) is 6.33 Å². The van der Waals surface area contributed by atoms with Gasteiger partial charge in [-0.2, -0.15) is 10.1 Å². The van der Waals surface area contributed by atoms with Crippen LogP contribution >= 0.6 is 15.9 Å². The maximum absolute atomic E-state index is 5.09. The van der Waals surface area contributed by atoms with Gasteiger partial charge >= 0.3 is 0 Å². The summed E-state index contributed by atoms with van der Waals surface area (Å²) in [6.07, 6.45) is 4.91. The summed E-state index contributed by atoms with van der Waals surface area (Å²) in [6.45, 7) is 0.755. The Kier molecular flexibility index (Phi) is 4.46. The molecule has 0 spiro atoms. The first kappa shape index (κ1) is 12.7. The maximum Gasteiger partial charge on any atom is 0.232 e. The van der Waals surface area contributed by atoms with Crippen molar-refractivity contribution in [3.8, 4) is 5.88 Å². The zero-order valence-corrected chi connectivity index (χ0v) is 11.4. The fourth-order valence-corrected chi connectivity index (χ4v) is 1.74. The predicted octanol–water partition coefficient (Wildman–Crippen LogP) is 1.41. The predicted molar refractivity (Wildman–Crippen MR) is 69.5 cm³/mol. The van der Waals surface area contributed by atoms with Crippen molar-refractivity contribution in [3.05, 3.63) is 22.8 Å². The Hall–Kier alpha value is -1.70. The molecule has 96 valence electrons. The van der Waals surface area contributed by atoms with Crippen LogP contribution in [0.25, 0.3) is 0 Å². The second-order valence-electron chi connectivity index (χ2n) is 3.51. The molecule has 0 aromatic carbocycles. The van der Waals surface area contributed by atoms with Crippen molar-refractivity contribution < 1.29 is 4.74 Å². The molecular formula is C10H13BrN6O. The number of hydrogen-bond acceptors (Lipinski definition) is 6. The molecule has 2 aromatic rings. The van der Waals surface area contributed by atoms with Crippen LogP contribution in [0.2, 0.25) is 0 Å². The van der Waals surface area contributed by atoms with Crippen molar-refractivity contribution in [3.63, 3.8) is 0 Å². The van der Waals surface area contributed by atoms with Gasteiger partial charge in [0, 0.05) is 13.0 Å². The third kappa shape index (κ3) is 3.39. The normalized spacial score (nSPS) is 10.3. The van der Waals surface area contributed by atoms with Crippen LogP contribution in [0.1, 0.15) is 12.2 Å². The van der Waals surface area contributed by atoms with E-state index in [1.54, 1.807) is 13.3 Å². The first-order chi connectivity index (χ1) is 8.79. The molecule has 2 heterocycles. The van der Waals surface area contributed by atoms with Crippen LogP contribution in [0.3, 0.4) is 0 Å². The Morgan fingerprint density at radius 3 is 3.06 bits per heavy atom. The highest BCUT2D eigenvalue weighted by Gasteiger charge is 2.04. The summed E-state index contributed by atoms with van der Waals surface area (Å²) in [7, 11) is 1.57. The zero-order valence-electron chi connectivity index (χ0n) is 9.85. The molecular weight excluding hydrogens is 300 g/mol. The molecule has 2 rings (SSSR count). The van der Waals surface area contributed by atoms with E-state index in [9.17, 15) is 0 Å². The van der Waals surface area contributed by atoms with Gasteiger partial charge in [0.15, 0.2) is 0 Å². The SMILES string of the molecule is COc1nc(NCCCc2ncn[nH]2)ncc1Br. The number of H-pyrrole nitrogens is 1. The van der Waals surface area contributed by atoms with E-state index in [0.29, 0.717) is 11.8 Å². The molecule has 2 N–H and O–H groups in total. The summed E-state index contributed by atoms with van der Waals surface area (Å²) in [5.74, 6) is 1.95. The first-order valence-electron chi connectivity index (χ1n) is 5.44. The van der Waals surface area contributed by atoms with Gasteiger partial charge in [0.25, 0.3) is 0 Å². The fraction of sp³-hybridized carbons (Fsp3) is 0.400. The maximum atomic E-state index is 5.09. The minimum atomic E-state index is 0.516. The topological polar surface area (TPSA) is 88.6 Å². The summed E-state index contributed by atoms with van der Waals surface area (Å²) >= 11 is 3.30. The number of methoxy groups -OCH3 is 1. The molecule has 7 nitrogen and oxygen atoms in total. The molecule has 0 saturated carbocycles. The van der Waals surface area contributed by atoms with Gasteiger partial charge in [-0.1, -0.05) is 0 Å². The van der Waals surface area contributed by atoms with E-state index < -0.39 is 0 Å². The molecule has 2 aromatic heterocycles. The summed E-state index contributed by atoms with van der Waals surface area (Å²) in [4.78, 5) is 12.4. The van der Waals surface area contributed by atoms with Crippen LogP contribution in [-0.2, 0) is 6.42 Å². The first-order valence-corrected chi connectivity index (χ1v) is 6.23. The Morgan fingerprint density at radius 2 is 2.33 bits per heavy atom. The molecule has 0 bridgehead atoms. The average Bonchev–Trinajstić information content (AvgIpc) is 2.89. The number of rotatable bonds is 6. The van der Waals surface area contributed by atoms with E-state index in [-0.39, 0.29) is 0 Å². The lowest BCUT2D eigenvalue weighted by Crippen LogP contribution is -2.07.